The molecule has 0 atom stereocenters. The van der Waals surface area contributed by atoms with Gasteiger partial charge in [-0.1, -0.05) is 11.6 Å². The lowest BCUT2D eigenvalue weighted by molar-refractivity contribution is -0.137. The predicted octanol–water partition coefficient (Wildman–Crippen LogP) is 7.77. The lowest BCUT2D eigenvalue weighted by Crippen LogP contribution is -2.47. The highest BCUT2D eigenvalue weighted by Crippen LogP contribution is 2.42. The van der Waals surface area contributed by atoms with Crippen molar-refractivity contribution in [1.82, 2.24) is 19.4 Å². The van der Waals surface area contributed by atoms with Crippen LogP contribution in [0.15, 0.2) is 46.7 Å². The first-order valence-electron chi connectivity index (χ1n) is 16.2. The van der Waals surface area contributed by atoms with Gasteiger partial charge in [0.05, 0.1) is 50.0 Å². The van der Waals surface area contributed by atoms with Crippen LogP contribution in [0.4, 0.5) is 32.0 Å². The molecule has 3 aromatic heterocycles. The summed E-state index contributed by atoms with van der Waals surface area (Å²) in [5.74, 6) is -0.704. The second-order valence-electron chi connectivity index (χ2n) is 12.3. The molecule has 0 unspecified atom stereocenters. The second-order valence-corrected chi connectivity index (χ2v) is 13.6. The van der Waals surface area contributed by atoms with Gasteiger partial charge >= 0.3 is 18.3 Å². The van der Waals surface area contributed by atoms with Gasteiger partial charge in [0.25, 0.3) is 5.56 Å². The number of halogens is 7. The number of thiophene rings is 1. The molecule has 18 heteroatoms. The number of aromatic nitrogens is 3. The Balaban J connectivity index is 1.30. The molecule has 1 fully saturated rings. The Bertz CT molecular complexity index is 2310. The summed E-state index contributed by atoms with van der Waals surface area (Å²) in [6.45, 7) is 1.65. The number of hydrogen-bond acceptors (Lipinski definition) is 9. The van der Waals surface area contributed by atoms with Crippen molar-refractivity contribution in [3.8, 4) is 22.9 Å². The van der Waals surface area contributed by atoms with Crippen LogP contribution < -0.4 is 15.2 Å². The molecule has 1 saturated heterocycles. The second kappa shape index (κ2) is 14.8. The maximum atomic E-state index is 14.5. The zero-order valence-electron chi connectivity index (χ0n) is 27.8. The third-order valence-corrected chi connectivity index (χ3v) is 10.2. The monoisotopic (exact) mass is 778 g/mol. The minimum atomic E-state index is -4.91. The molecule has 2 aromatic carbocycles. The van der Waals surface area contributed by atoms with E-state index in [1.807, 2.05) is 6.07 Å². The van der Waals surface area contributed by atoms with E-state index in [0.29, 0.717) is 32.1 Å². The normalized spacial score (nSPS) is 14.2. The third kappa shape index (κ3) is 7.90. The fraction of sp³-hybridized carbons (Fsp3) is 0.343. The minimum absolute atomic E-state index is 0.00704. The van der Waals surface area contributed by atoms with Gasteiger partial charge in [-0.15, -0.1) is 11.3 Å². The summed E-state index contributed by atoms with van der Waals surface area (Å²) >= 11 is 7.51. The third-order valence-electron chi connectivity index (χ3n) is 8.94. The molecule has 1 N–H and O–H groups in total. The van der Waals surface area contributed by atoms with Crippen molar-refractivity contribution in [2.24, 2.45) is 0 Å². The lowest BCUT2D eigenvalue weighted by atomic mass is 10.00. The number of nitriles is 1. The van der Waals surface area contributed by atoms with Gasteiger partial charge in [0.2, 0.25) is 0 Å². The van der Waals surface area contributed by atoms with E-state index in [-0.39, 0.29) is 74.6 Å². The molecule has 278 valence electrons. The summed E-state index contributed by atoms with van der Waals surface area (Å²) in [7, 11) is 0. The molecule has 1 aliphatic rings. The molecule has 5 aromatic rings. The van der Waals surface area contributed by atoms with Crippen molar-refractivity contribution < 1.29 is 41.0 Å². The molecule has 0 aliphatic carbocycles. The molecule has 0 amide bonds. The smallest absolute Gasteiger partial charge is 0.418 e. The van der Waals surface area contributed by atoms with E-state index in [0.717, 1.165) is 6.07 Å². The molecule has 10 nitrogen and oxygen atoms in total. The lowest BCUT2D eigenvalue weighted by Gasteiger charge is -2.37. The van der Waals surface area contributed by atoms with Crippen molar-refractivity contribution in [2.75, 3.05) is 44.2 Å². The number of ether oxygens (including phenoxy) is 1. The van der Waals surface area contributed by atoms with Crippen LogP contribution in [-0.2, 0) is 12.7 Å². The first-order chi connectivity index (χ1) is 25.1. The summed E-state index contributed by atoms with van der Waals surface area (Å²) in [4.78, 5) is 37.3. The van der Waals surface area contributed by atoms with Crippen LogP contribution in [-0.4, -0.2) is 76.0 Å². The molecule has 0 bridgehead atoms. The standard InChI is InChI=1S/C35H29ClF6N6O4S/c1-19-45-26-16-25(35(40,41)42)30(47-11-9-46(10-12-47)8-2-6-34(37,38)39)23(17-43)28(26)32(49)48(19)13-14-52-27-4-3-20(36)15-22(27)21-5-7-44-29-24(33(50)51)18-53-31(21)29/h3-5,7,15-16,18H,2,6,8-14H2,1H3,(H,50,51). The van der Waals surface area contributed by atoms with Crippen molar-refractivity contribution in [1.29, 1.82) is 5.26 Å². The summed E-state index contributed by atoms with van der Waals surface area (Å²) in [5, 5.41) is 21.4. The van der Waals surface area contributed by atoms with Crippen LogP contribution in [0.5, 0.6) is 5.75 Å². The zero-order chi connectivity index (χ0) is 38.2. The predicted molar refractivity (Wildman–Crippen MR) is 187 cm³/mol. The van der Waals surface area contributed by atoms with Gasteiger partial charge in [-0.3, -0.25) is 19.2 Å². The number of aromatic carboxylic acids is 1. The van der Waals surface area contributed by atoms with Gasteiger partial charge in [0.15, 0.2) is 0 Å². The number of nitrogens with zero attached hydrogens (tertiary/aromatic N) is 6. The maximum absolute atomic E-state index is 14.5. The van der Waals surface area contributed by atoms with Crippen LogP contribution in [0.25, 0.3) is 32.2 Å². The van der Waals surface area contributed by atoms with Crippen LogP contribution in [0, 0.1) is 18.3 Å². The Morgan fingerprint density at radius 3 is 2.47 bits per heavy atom. The number of rotatable bonds is 10. The average molecular weight is 779 g/mol. The maximum Gasteiger partial charge on any atom is 0.418 e. The number of fused-ring (bicyclic) bond motifs is 2. The van der Waals surface area contributed by atoms with Gasteiger partial charge < -0.3 is 14.7 Å². The number of hydrogen-bond donors (Lipinski definition) is 1. The first kappa shape index (κ1) is 37.8. The molecular weight excluding hydrogens is 750 g/mol. The molecule has 4 heterocycles. The SMILES string of the molecule is Cc1nc2cc(C(F)(F)F)c(N3CCN(CCCC(F)(F)F)CC3)c(C#N)c2c(=O)n1CCOc1ccc(Cl)cc1-c1ccnc2c(C(=O)O)csc12. The molecule has 6 rings (SSSR count). The summed E-state index contributed by atoms with van der Waals surface area (Å²) < 4.78 is 89.3. The topological polar surface area (TPSA) is 125 Å². The van der Waals surface area contributed by atoms with Crippen LogP contribution in [0.1, 0.15) is 40.2 Å². The molecular formula is C35H29ClF6N6O4S. The number of alkyl halides is 6. The number of carboxylic acids is 1. The fourth-order valence-corrected chi connectivity index (χ4v) is 7.68. The van der Waals surface area contributed by atoms with Gasteiger partial charge in [-0.25, -0.2) is 9.78 Å². The van der Waals surface area contributed by atoms with Crippen LogP contribution in [0.2, 0.25) is 5.02 Å². The molecule has 1 aliphatic heterocycles. The van der Waals surface area contributed by atoms with Crippen molar-refractivity contribution in [3.63, 3.8) is 0 Å². The number of aryl methyl sites for hydroxylation is 1. The summed E-state index contributed by atoms with van der Waals surface area (Å²) in [6, 6.07) is 9.10. The van der Waals surface area contributed by atoms with E-state index in [1.54, 1.807) is 29.2 Å². The molecule has 0 spiro atoms. The van der Waals surface area contributed by atoms with E-state index >= 15 is 0 Å². The highest BCUT2D eigenvalue weighted by molar-refractivity contribution is 7.18. The van der Waals surface area contributed by atoms with E-state index < -0.39 is 47.1 Å². The Kier molecular flexibility index (Phi) is 10.6. The number of benzene rings is 2. The highest BCUT2D eigenvalue weighted by Gasteiger charge is 2.39. The molecule has 53 heavy (non-hydrogen) atoms. The number of carboxylic acid groups (broad SMARTS) is 1. The average Bonchev–Trinajstić information content (AvgIpc) is 3.54. The minimum Gasteiger partial charge on any atom is -0.491 e. The fourth-order valence-electron chi connectivity index (χ4n) is 6.48. The summed E-state index contributed by atoms with van der Waals surface area (Å²) in [6.07, 6.45) is -8.88. The largest absolute Gasteiger partial charge is 0.491 e. The van der Waals surface area contributed by atoms with Crippen molar-refractivity contribution >= 4 is 55.7 Å². The molecule has 0 radical (unpaired) electrons. The Morgan fingerprint density at radius 2 is 1.81 bits per heavy atom. The number of carbonyl (C=O) groups is 1. The van der Waals surface area contributed by atoms with Crippen molar-refractivity contribution in [2.45, 2.75) is 38.7 Å². The van der Waals surface area contributed by atoms with Crippen LogP contribution in [0.3, 0.4) is 0 Å². The van der Waals surface area contributed by atoms with Gasteiger partial charge in [0, 0.05) is 60.3 Å². The van der Waals surface area contributed by atoms with E-state index in [4.69, 9.17) is 16.3 Å². The van der Waals surface area contributed by atoms with Gasteiger partial charge in [-0.2, -0.15) is 31.6 Å². The first-order valence-corrected chi connectivity index (χ1v) is 17.4. The Hall–Kier alpha value is -4.92. The van der Waals surface area contributed by atoms with Crippen LogP contribution >= 0.6 is 22.9 Å². The number of piperazine rings is 1. The van der Waals surface area contributed by atoms with E-state index in [2.05, 4.69) is 9.97 Å². The number of pyridine rings is 1. The highest BCUT2D eigenvalue weighted by atomic mass is 35.5. The number of anilines is 1. The zero-order valence-corrected chi connectivity index (χ0v) is 29.4. The van der Waals surface area contributed by atoms with E-state index in [1.165, 1.54) is 39.3 Å². The molecule has 0 saturated carbocycles. The Morgan fingerprint density at radius 1 is 1.08 bits per heavy atom. The quantitative estimate of drug-likeness (QED) is 0.142. The van der Waals surface area contributed by atoms with Gasteiger partial charge in [-0.05, 0) is 50.2 Å². The summed E-state index contributed by atoms with van der Waals surface area (Å²) in [5.41, 5.74) is -1.68. The van der Waals surface area contributed by atoms with Crippen molar-refractivity contribution in [3.05, 3.63) is 79.8 Å². The van der Waals surface area contributed by atoms with E-state index in [9.17, 15) is 46.3 Å². The van der Waals surface area contributed by atoms with Gasteiger partial charge in [0.1, 0.15) is 24.3 Å². The Labute approximate surface area is 306 Å².